The van der Waals surface area contributed by atoms with Crippen LogP contribution in [0.2, 0.25) is 0 Å². The van der Waals surface area contributed by atoms with Gasteiger partial charge in [-0.1, -0.05) is 49.4 Å². The summed E-state index contributed by atoms with van der Waals surface area (Å²) in [6.07, 6.45) is 1.00. The fourth-order valence-corrected chi connectivity index (χ4v) is 2.28. The molecule has 0 fully saturated rings. The van der Waals surface area contributed by atoms with Crippen molar-refractivity contribution >= 4 is 11.6 Å². The molecule has 2 aromatic rings. The third-order valence-electron chi connectivity index (χ3n) is 3.95. The highest BCUT2D eigenvalue weighted by Crippen LogP contribution is 2.12. The van der Waals surface area contributed by atoms with Crippen LogP contribution in [0.5, 0.6) is 0 Å². The Morgan fingerprint density at radius 1 is 1.05 bits per heavy atom. The number of rotatable bonds is 6. The van der Waals surface area contributed by atoms with Gasteiger partial charge in [0.15, 0.2) is 0 Å². The van der Waals surface area contributed by atoms with Crippen molar-refractivity contribution in [3.8, 4) is 0 Å². The Kier molecular flexibility index (Phi) is 5.73. The first-order chi connectivity index (χ1) is 10.6. The summed E-state index contributed by atoms with van der Waals surface area (Å²) in [7, 11) is 1.97. The minimum absolute atomic E-state index is 0.0164. The van der Waals surface area contributed by atoms with Gasteiger partial charge in [-0.2, -0.15) is 0 Å². The van der Waals surface area contributed by atoms with Crippen molar-refractivity contribution in [1.29, 1.82) is 0 Å². The molecule has 0 radical (unpaired) electrons. The van der Waals surface area contributed by atoms with E-state index in [1.807, 2.05) is 61.3 Å². The molecule has 3 heteroatoms. The van der Waals surface area contributed by atoms with E-state index in [9.17, 15) is 4.79 Å². The molecule has 0 saturated carbocycles. The number of likely N-dealkylation sites (N-methyl/N-ethyl adjacent to an activating group) is 1. The van der Waals surface area contributed by atoms with Crippen LogP contribution in [-0.2, 0) is 17.8 Å². The number of hydrogen-bond donors (Lipinski definition) is 1. The van der Waals surface area contributed by atoms with Gasteiger partial charge in [0.1, 0.15) is 0 Å². The number of nitrogens with one attached hydrogen (secondary N) is 1. The molecule has 0 saturated heterocycles. The number of carbonyl (C=O) groups is 1. The highest BCUT2D eigenvalue weighted by molar-refractivity contribution is 5.94. The van der Waals surface area contributed by atoms with Crippen molar-refractivity contribution in [2.24, 2.45) is 0 Å². The molecule has 1 unspecified atom stereocenters. The van der Waals surface area contributed by atoms with Gasteiger partial charge in [0.25, 0.3) is 0 Å². The van der Waals surface area contributed by atoms with Gasteiger partial charge in [-0.3, -0.25) is 9.69 Å². The summed E-state index contributed by atoms with van der Waals surface area (Å²) in [5.74, 6) is 0.0164. The maximum Gasteiger partial charge on any atom is 0.241 e. The van der Waals surface area contributed by atoms with Gasteiger partial charge in [0.2, 0.25) is 5.91 Å². The number of anilines is 1. The van der Waals surface area contributed by atoms with E-state index in [1.54, 1.807) is 0 Å². The van der Waals surface area contributed by atoms with Gasteiger partial charge in [0.05, 0.1) is 6.04 Å². The second-order valence-electron chi connectivity index (χ2n) is 5.62. The van der Waals surface area contributed by atoms with Gasteiger partial charge in [-0.15, -0.1) is 0 Å². The Bertz CT molecular complexity index is 593. The van der Waals surface area contributed by atoms with Crippen LogP contribution in [0, 0.1) is 0 Å². The van der Waals surface area contributed by atoms with Gasteiger partial charge in [0, 0.05) is 12.2 Å². The number of amides is 1. The van der Waals surface area contributed by atoms with Crippen molar-refractivity contribution in [2.75, 3.05) is 12.4 Å². The Morgan fingerprint density at radius 3 is 2.27 bits per heavy atom. The quantitative estimate of drug-likeness (QED) is 0.881. The van der Waals surface area contributed by atoms with Crippen molar-refractivity contribution < 1.29 is 4.79 Å². The molecule has 0 aliphatic carbocycles. The first-order valence-corrected chi connectivity index (χ1v) is 7.74. The molecule has 1 N–H and O–H groups in total. The van der Waals surface area contributed by atoms with E-state index in [4.69, 9.17) is 0 Å². The number of aryl methyl sites for hydroxylation is 1. The summed E-state index contributed by atoms with van der Waals surface area (Å²) in [5, 5.41) is 2.98. The molecular formula is C19H24N2O. The van der Waals surface area contributed by atoms with Gasteiger partial charge in [-0.05, 0) is 43.7 Å². The largest absolute Gasteiger partial charge is 0.325 e. The van der Waals surface area contributed by atoms with Crippen molar-refractivity contribution in [2.45, 2.75) is 32.9 Å². The molecule has 2 aromatic carbocycles. The van der Waals surface area contributed by atoms with Gasteiger partial charge < -0.3 is 5.32 Å². The molecule has 0 aliphatic heterocycles. The van der Waals surface area contributed by atoms with E-state index >= 15 is 0 Å². The van der Waals surface area contributed by atoms with E-state index in [0.717, 1.165) is 18.7 Å². The SMILES string of the molecule is CCc1ccc(NC(=O)C(C)N(C)Cc2ccccc2)cc1. The lowest BCUT2D eigenvalue weighted by Gasteiger charge is -2.24. The zero-order valence-corrected chi connectivity index (χ0v) is 13.5. The summed E-state index contributed by atoms with van der Waals surface area (Å²) in [5.41, 5.74) is 3.33. The highest BCUT2D eigenvalue weighted by Gasteiger charge is 2.18. The van der Waals surface area contributed by atoms with E-state index in [1.165, 1.54) is 11.1 Å². The number of carbonyl (C=O) groups excluding carboxylic acids is 1. The zero-order valence-electron chi connectivity index (χ0n) is 13.5. The number of benzene rings is 2. The third-order valence-corrected chi connectivity index (χ3v) is 3.95. The van der Waals surface area contributed by atoms with Crippen LogP contribution in [0.3, 0.4) is 0 Å². The molecule has 1 atom stereocenters. The average Bonchev–Trinajstić information content (AvgIpc) is 2.55. The molecule has 0 aliphatic rings. The molecule has 22 heavy (non-hydrogen) atoms. The maximum absolute atomic E-state index is 12.3. The first-order valence-electron chi connectivity index (χ1n) is 7.74. The summed E-state index contributed by atoms with van der Waals surface area (Å²) in [6.45, 7) is 4.80. The lowest BCUT2D eigenvalue weighted by molar-refractivity contribution is -0.120. The maximum atomic E-state index is 12.3. The van der Waals surface area contributed by atoms with Crippen LogP contribution in [0.15, 0.2) is 54.6 Å². The Morgan fingerprint density at radius 2 is 1.68 bits per heavy atom. The van der Waals surface area contributed by atoms with E-state index < -0.39 is 0 Å². The normalized spacial score (nSPS) is 12.2. The highest BCUT2D eigenvalue weighted by atomic mass is 16.2. The Hall–Kier alpha value is -2.13. The minimum atomic E-state index is -0.189. The van der Waals surface area contributed by atoms with Crippen LogP contribution in [-0.4, -0.2) is 23.9 Å². The fourth-order valence-electron chi connectivity index (χ4n) is 2.28. The standard InChI is InChI=1S/C19H24N2O/c1-4-16-10-12-18(13-11-16)20-19(22)15(2)21(3)14-17-8-6-5-7-9-17/h5-13,15H,4,14H2,1-3H3,(H,20,22). The fraction of sp³-hybridized carbons (Fsp3) is 0.316. The molecule has 116 valence electrons. The summed E-state index contributed by atoms with van der Waals surface area (Å²) >= 11 is 0. The minimum Gasteiger partial charge on any atom is -0.325 e. The molecular weight excluding hydrogens is 272 g/mol. The smallest absolute Gasteiger partial charge is 0.241 e. The monoisotopic (exact) mass is 296 g/mol. The number of nitrogens with zero attached hydrogens (tertiary/aromatic N) is 1. The van der Waals surface area contributed by atoms with Crippen molar-refractivity contribution in [3.63, 3.8) is 0 Å². The van der Waals surface area contributed by atoms with Crippen molar-refractivity contribution in [3.05, 3.63) is 65.7 Å². The Balaban J connectivity index is 1.93. The van der Waals surface area contributed by atoms with Crippen LogP contribution in [0.25, 0.3) is 0 Å². The molecule has 1 amide bonds. The molecule has 0 bridgehead atoms. The second kappa shape index (κ2) is 7.76. The lowest BCUT2D eigenvalue weighted by atomic mass is 10.1. The van der Waals surface area contributed by atoms with E-state index in [0.29, 0.717) is 0 Å². The van der Waals surface area contributed by atoms with Gasteiger partial charge in [-0.25, -0.2) is 0 Å². The van der Waals surface area contributed by atoms with Crippen LogP contribution in [0.4, 0.5) is 5.69 Å². The van der Waals surface area contributed by atoms with Crippen LogP contribution >= 0.6 is 0 Å². The van der Waals surface area contributed by atoms with Crippen LogP contribution in [0.1, 0.15) is 25.0 Å². The lowest BCUT2D eigenvalue weighted by Crippen LogP contribution is -2.39. The van der Waals surface area contributed by atoms with Gasteiger partial charge >= 0.3 is 0 Å². The predicted molar refractivity (Wildman–Crippen MR) is 91.8 cm³/mol. The molecule has 3 nitrogen and oxygen atoms in total. The van der Waals surface area contributed by atoms with Crippen molar-refractivity contribution in [1.82, 2.24) is 4.90 Å². The summed E-state index contributed by atoms with van der Waals surface area (Å²) in [6, 6.07) is 18.0. The molecule has 0 heterocycles. The molecule has 0 aromatic heterocycles. The molecule has 0 spiro atoms. The van der Waals surface area contributed by atoms with E-state index in [-0.39, 0.29) is 11.9 Å². The summed E-state index contributed by atoms with van der Waals surface area (Å²) < 4.78 is 0. The average molecular weight is 296 g/mol. The Labute approximate surface area is 133 Å². The van der Waals surface area contributed by atoms with E-state index in [2.05, 4.69) is 24.4 Å². The first kappa shape index (κ1) is 16.2. The molecule has 2 rings (SSSR count). The van der Waals surface area contributed by atoms with Crippen LogP contribution < -0.4 is 5.32 Å². The number of hydrogen-bond acceptors (Lipinski definition) is 2. The third kappa shape index (κ3) is 4.43. The predicted octanol–water partition coefficient (Wildman–Crippen LogP) is 3.71. The second-order valence-corrected chi connectivity index (χ2v) is 5.62. The topological polar surface area (TPSA) is 32.3 Å². The zero-order chi connectivity index (χ0) is 15.9. The summed E-state index contributed by atoms with van der Waals surface area (Å²) in [4.78, 5) is 14.4.